The average Bonchev–Trinajstić information content (AvgIpc) is 3.40. The van der Waals surface area contributed by atoms with Gasteiger partial charge in [0.15, 0.2) is 0 Å². The number of sulfonamides is 1. The molecule has 0 radical (unpaired) electrons. The van der Waals surface area contributed by atoms with E-state index in [9.17, 15) is 13.2 Å². The number of anilines is 2. The molecule has 0 aliphatic carbocycles. The first kappa shape index (κ1) is 23.8. The Labute approximate surface area is 211 Å². The fourth-order valence-corrected chi connectivity index (χ4v) is 6.07. The number of nitrogens with zero attached hydrogens (tertiary/aromatic N) is 3. The number of carbonyl (C=O) groups excluding carboxylic acids is 1. The van der Waals surface area contributed by atoms with Crippen molar-refractivity contribution in [1.29, 1.82) is 0 Å². The van der Waals surface area contributed by atoms with Crippen LogP contribution in [-0.2, 0) is 10.0 Å². The lowest BCUT2D eigenvalue weighted by Gasteiger charge is -2.34. The number of pyridine rings is 2. The van der Waals surface area contributed by atoms with Crippen LogP contribution in [0.3, 0.4) is 0 Å². The molecule has 1 saturated heterocycles. The molecule has 5 rings (SSSR count). The minimum atomic E-state index is -4.24. The first-order valence-corrected chi connectivity index (χ1v) is 13.2. The molecule has 36 heavy (non-hydrogen) atoms. The Morgan fingerprint density at radius 2 is 2.03 bits per heavy atom. The topological polar surface area (TPSA) is 134 Å². The smallest absolute Gasteiger partial charge is 0.268 e. The van der Waals surface area contributed by atoms with Gasteiger partial charge in [0.25, 0.3) is 15.9 Å². The lowest BCUT2D eigenvalue weighted by Crippen LogP contribution is -2.41. The molecule has 1 aromatic carbocycles. The van der Waals surface area contributed by atoms with Crippen molar-refractivity contribution in [2.45, 2.75) is 37.6 Å². The molecular weight excluding hydrogens is 476 g/mol. The Hall–Kier alpha value is -3.92. The fraction of sp³-hybridized carbons (Fsp3) is 0.269. The highest BCUT2D eigenvalue weighted by atomic mass is 32.2. The van der Waals surface area contributed by atoms with E-state index >= 15 is 0 Å². The molecule has 1 aliphatic heterocycles. The van der Waals surface area contributed by atoms with E-state index in [0.717, 1.165) is 22.9 Å². The van der Waals surface area contributed by atoms with Crippen molar-refractivity contribution >= 4 is 38.5 Å². The van der Waals surface area contributed by atoms with Crippen molar-refractivity contribution in [3.8, 4) is 11.3 Å². The predicted molar refractivity (Wildman–Crippen MR) is 142 cm³/mol. The van der Waals surface area contributed by atoms with E-state index in [-0.39, 0.29) is 23.2 Å². The number of carbonyl (C=O) groups is 1. The van der Waals surface area contributed by atoms with Gasteiger partial charge in [-0.3, -0.25) is 4.79 Å². The number of fused-ring (bicyclic) bond motifs is 1. The highest BCUT2D eigenvalue weighted by molar-refractivity contribution is 7.90. The van der Waals surface area contributed by atoms with Gasteiger partial charge in [0, 0.05) is 37.0 Å². The summed E-state index contributed by atoms with van der Waals surface area (Å²) in [6.45, 7) is 7.05. The molecule has 3 aromatic heterocycles. The van der Waals surface area contributed by atoms with Crippen molar-refractivity contribution < 1.29 is 14.6 Å². The second-order valence-electron chi connectivity index (χ2n) is 9.90. The molecule has 188 valence electrons. The van der Waals surface area contributed by atoms with Gasteiger partial charge in [-0.25, -0.2) is 23.1 Å². The van der Waals surface area contributed by atoms with E-state index in [1.807, 2.05) is 30.5 Å². The summed E-state index contributed by atoms with van der Waals surface area (Å²) < 4.78 is 28.0. The quantitative estimate of drug-likeness (QED) is 0.369. The van der Waals surface area contributed by atoms with E-state index in [1.54, 1.807) is 12.1 Å². The van der Waals surface area contributed by atoms with Crippen LogP contribution in [0.5, 0.6) is 0 Å². The first-order chi connectivity index (χ1) is 17.0. The molecule has 1 fully saturated rings. The van der Waals surface area contributed by atoms with Gasteiger partial charge in [-0.15, -0.1) is 0 Å². The first-order valence-electron chi connectivity index (χ1n) is 11.7. The summed E-state index contributed by atoms with van der Waals surface area (Å²) in [5.74, 6) is -0.126. The standard InChI is InChI=1S/C26H28N6O3S.H2/c1-16-14-26(2,3)32(15-16)24-19(25(33)31-36(34,35)22-5-4-11-29-23(22)27)8-9-20(30-24)18-7-6-17-10-12-28-21(17)13-18;/h4-13,16,28H,14-15H2,1-3H3,(H2,27,29)(H,31,33);1H/t16-;/m0./s1. The van der Waals surface area contributed by atoms with Gasteiger partial charge in [0.05, 0.1) is 11.3 Å². The Kier molecular flexibility index (Phi) is 5.71. The summed E-state index contributed by atoms with van der Waals surface area (Å²) in [5.41, 5.74) is 8.21. The van der Waals surface area contributed by atoms with Gasteiger partial charge < -0.3 is 15.6 Å². The largest absolute Gasteiger partial charge is 0.383 e. The van der Waals surface area contributed by atoms with Crippen LogP contribution in [0.1, 0.15) is 39.0 Å². The zero-order valence-corrected chi connectivity index (χ0v) is 21.1. The SMILES string of the molecule is C[C@@H]1CN(c2nc(-c3ccc4cc[nH]c4c3)ccc2C(=O)NS(=O)(=O)c2cccnc2N)C(C)(C)C1.[HH]. The van der Waals surface area contributed by atoms with Crippen molar-refractivity contribution in [1.82, 2.24) is 19.7 Å². The molecule has 9 nitrogen and oxygen atoms in total. The predicted octanol–water partition coefficient (Wildman–Crippen LogP) is 4.20. The zero-order chi connectivity index (χ0) is 25.7. The van der Waals surface area contributed by atoms with Crippen molar-refractivity contribution in [2.24, 2.45) is 5.92 Å². The number of rotatable bonds is 5. The van der Waals surface area contributed by atoms with Gasteiger partial charge in [-0.1, -0.05) is 19.1 Å². The van der Waals surface area contributed by atoms with E-state index < -0.39 is 15.9 Å². The van der Waals surface area contributed by atoms with E-state index in [0.29, 0.717) is 24.0 Å². The Morgan fingerprint density at radius 3 is 2.75 bits per heavy atom. The van der Waals surface area contributed by atoms with E-state index in [2.05, 4.69) is 40.4 Å². The van der Waals surface area contributed by atoms with Crippen LogP contribution < -0.4 is 15.4 Å². The lowest BCUT2D eigenvalue weighted by molar-refractivity contribution is 0.0981. The zero-order valence-electron chi connectivity index (χ0n) is 20.3. The molecule has 0 saturated carbocycles. The lowest BCUT2D eigenvalue weighted by atomic mass is 9.97. The number of benzene rings is 1. The number of nitrogens with one attached hydrogen (secondary N) is 2. The molecule has 4 heterocycles. The maximum absolute atomic E-state index is 13.4. The summed E-state index contributed by atoms with van der Waals surface area (Å²) in [6, 6.07) is 14.1. The van der Waals surface area contributed by atoms with Gasteiger partial charge in [0.1, 0.15) is 16.5 Å². The second kappa shape index (κ2) is 8.63. The fourth-order valence-electron chi connectivity index (χ4n) is 5.02. The summed E-state index contributed by atoms with van der Waals surface area (Å²) in [7, 11) is -4.24. The van der Waals surface area contributed by atoms with Crippen molar-refractivity contribution in [2.75, 3.05) is 17.2 Å². The highest BCUT2D eigenvalue weighted by Crippen LogP contribution is 2.38. The minimum Gasteiger partial charge on any atom is -0.383 e. The van der Waals surface area contributed by atoms with Crippen LogP contribution in [-0.4, -0.2) is 41.4 Å². The number of amides is 1. The molecule has 0 bridgehead atoms. The molecule has 0 spiro atoms. The second-order valence-corrected chi connectivity index (χ2v) is 11.6. The maximum Gasteiger partial charge on any atom is 0.268 e. The van der Waals surface area contributed by atoms with Gasteiger partial charge in [0.2, 0.25) is 0 Å². The van der Waals surface area contributed by atoms with Crippen LogP contribution >= 0.6 is 0 Å². The maximum atomic E-state index is 13.4. The number of aromatic amines is 1. The summed E-state index contributed by atoms with van der Waals surface area (Å²) in [4.78, 5) is 27.2. The van der Waals surface area contributed by atoms with Crippen LogP contribution in [0, 0.1) is 5.92 Å². The van der Waals surface area contributed by atoms with Gasteiger partial charge >= 0.3 is 0 Å². The third-order valence-corrected chi connectivity index (χ3v) is 7.99. The molecule has 1 amide bonds. The Morgan fingerprint density at radius 1 is 1.22 bits per heavy atom. The van der Waals surface area contributed by atoms with E-state index in [1.165, 1.54) is 18.3 Å². The summed E-state index contributed by atoms with van der Waals surface area (Å²) in [5, 5.41) is 1.09. The molecule has 0 unspecified atom stereocenters. The number of aromatic nitrogens is 3. The Balaban J connectivity index is 0.00000320. The molecular formula is C26H30N6O3S. The average molecular weight is 507 g/mol. The summed E-state index contributed by atoms with van der Waals surface area (Å²) >= 11 is 0. The molecule has 1 atom stereocenters. The number of hydrogen-bond acceptors (Lipinski definition) is 7. The number of hydrogen-bond donors (Lipinski definition) is 3. The number of nitrogen functional groups attached to an aromatic ring is 1. The molecule has 10 heteroatoms. The van der Waals surface area contributed by atoms with Crippen LogP contribution in [0.15, 0.2) is 65.8 Å². The molecule has 4 N–H and O–H groups in total. The van der Waals surface area contributed by atoms with Crippen LogP contribution in [0.2, 0.25) is 0 Å². The Bertz CT molecular complexity index is 1580. The third kappa shape index (κ3) is 4.28. The van der Waals surface area contributed by atoms with Crippen LogP contribution in [0.4, 0.5) is 11.6 Å². The normalized spacial score (nSPS) is 17.4. The van der Waals surface area contributed by atoms with Gasteiger partial charge in [-0.05, 0) is 68.0 Å². The third-order valence-electron chi connectivity index (χ3n) is 6.62. The van der Waals surface area contributed by atoms with Crippen molar-refractivity contribution in [3.63, 3.8) is 0 Å². The monoisotopic (exact) mass is 506 g/mol. The summed E-state index contributed by atoms with van der Waals surface area (Å²) in [6.07, 6.45) is 4.18. The number of nitrogens with two attached hydrogens (primary N) is 1. The number of H-pyrrole nitrogens is 1. The minimum absolute atomic E-state index is 0. The van der Waals surface area contributed by atoms with E-state index in [4.69, 9.17) is 10.7 Å². The van der Waals surface area contributed by atoms with Gasteiger partial charge in [-0.2, -0.15) is 0 Å². The highest BCUT2D eigenvalue weighted by Gasteiger charge is 2.39. The molecule has 1 aliphatic rings. The molecule has 4 aromatic rings. The van der Waals surface area contributed by atoms with Crippen LogP contribution in [0.25, 0.3) is 22.2 Å². The van der Waals surface area contributed by atoms with Crippen molar-refractivity contribution in [3.05, 3.63) is 66.5 Å².